The third-order valence-electron chi connectivity index (χ3n) is 4.85. The number of benzene rings is 2. The van der Waals surface area contributed by atoms with Crippen molar-refractivity contribution in [3.05, 3.63) is 83.7 Å². The van der Waals surface area contributed by atoms with Gasteiger partial charge in [0.15, 0.2) is 0 Å². The molecule has 0 spiro atoms. The molecule has 0 saturated carbocycles. The molecule has 0 aliphatic rings. The average Bonchev–Trinajstić information content (AvgIpc) is 3.24. The van der Waals surface area contributed by atoms with E-state index in [0.717, 1.165) is 11.1 Å². The van der Waals surface area contributed by atoms with Gasteiger partial charge in [0.1, 0.15) is 0 Å². The molecule has 0 bridgehead atoms. The Labute approximate surface area is 177 Å². The summed E-state index contributed by atoms with van der Waals surface area (Å²) in [5.41, 5.74) is 2.34. The molecule has 2 aromatic carbocycles. The molecule has 30 heavy (non-hydrogen) atoms. The van der Waals surface area contributed by atoms with E-state index in [9.17, 15) is 13.2 Å². The van der Waals surface area contributed by atoms with Crippen molar-refractivity contribution in [2.24, 2.45) is 0 Å². The molecule has 0 aliphatic heterocycles. The van der Waals surface area contributed by atoms with Gasteiger partial charge in [-0.25, -0.2) is 8.42 Å². The first-order chi connectivity index (χ1) is 14.3. The monoisotopic (exact) mass is 426 g/mol. The Kier molecular flexibility index (Phi) is 6.69. The van der Waals surface area contributed by atoms with Crippen LogP contribution in [0.15, 0.2) is 71.9 Å². The van der Waals surface area contributed by atoms with Crippen LogP contribution >= 0.6 is 0 Å². The van der Waals surface area contributed by atoms with Gasteiger partial charge in [0.2, 0.25) is 10.0 Å². The Hall–Kier alpha value is -2.97. The summed E-state index contributed by atoms with van der Waals surface area (Å²) in [6.45, 7) is 4.59. The molecule has 7 nitrogen and oxygen atoms in total. The molecule has 1 N–H and O–H groups in total. The van der Waals surface area contributed by atoms with Crippen molar-refractivity contribution >= 4 is 15.9 Å². The Morgan fingerprint density at radius 1 is 1.10 bits per heavy atom. The van der Waals surface area contributed by atoms with E-state index >= 15 is 0 Å². The molecule has 1 amide bonds. The third-order valence-corrected chi connectivity index (χ3v) is 6.88. The lowest BCUT2D eigenvalue weighted by Gasteiger charge is -2.21. The molecule has 0 fully saturated rings. The van der Waals surface area contributed by atoms with E-state index in [1.807, 2.05) is 41.2 Å². The molecule has 8 heteroatoms. The summed E-state index contributed by atoms with van der Waals surface area (Å²) in [4.78, 5) is 12.7. The Bertz CT molecular complexity index is 1110. The maximum Gasteiger partial charge on any atom is 0.251 e. The van der Waals surface area contributed by atoms with Crippen LogP contribution in [0, 0.1) is 0 Å². The minimum Gasteiger partial charge on any atom is -0.348 e. The molecule has 1 heterocycles. The predicted octanol–water partition coefficient (Wildman–Crippen LogP) is 2.89. The smallest absolute Gasteiger partial charge is 0.251 e. The maximum absolute atomic E-state index is 12.7. The first-order valence-electron chi connectivity index (χ1n) is 9.69. The largest absolute Gasteiger partial charge is 0.348 e. The molecule has 3 rings (SSSR count). The molecular weight excluding hydrogens is 400 g/mol. The Balaban J connectivity index is 1.68. The standard InChI is InChI=1S/C22H26N4O3S/c1-17(2)25(3)30(28,29)21-10-5-9-20(14-21)22(27)23-15-18-7-4-8-19(13-18)16-26-12-6-11-24-26/h4-14,17H,15-16H2,1-3H3,(H,23,27). The van der Waals surface area contributed by atoms with Crippen molar-refractivity contribution in [2.45, 2.75) is 37.9 Å². The first kappa shape index (κ1) is 21.7. The van der Waals surface area contributed by atoms with Gasteiger partial charge in [-0.1, -0.05) is 30.3 Å². The molecule has 3 aromatic rings. The van der Waals surface area contributed by atoms with Crippen LogP contribution in [0.2, 0.25) is 0 Å². The zero-order chi connectivity index (χ0) is 21.7. The quantitative estimate of drug-likeness (QED) is 0.600. The highest BCUT2D eigenvalue weighted by Gasteiger charge is 2.23. The van der Waals surface area contributed by atoms with E-state index in [2.05, 4.69) is 10.4 Å². The van der Waals surface area contributed by atoms with Crippen molar-refractivity contribution in [1.82, 2.24) is 19.4 Å². The Morgan fingerprint density at radius 3 is 2.53 bits per heavy atom. The van der Waals surface area contributed by atoms with Crippen molar-refractivity contribution in [3.63, 3.8) is 0 Å². The van der Waals surface area contributed by atoms with Crippen molar-refractivity contribution in [1.29, 1.82) is 0 Å². The van der Waals surface area contributed by atoms with E-state index in [0.29, 0.717) is 18.7 Å². The fourth-order valence-corrected chi connectivity index (χ4v) is 4.36. The zero-order valence-electron chi connectivity index (χ0n) is 17.3. The third kappa shape index (κ3) is 5.14. The van der Waals surface area contributed by atoms with Crippen molar-refractivity contribution < 1.29 is 13.2 Å². The van der Waals surface area contributed by atoms with E-state index in [4.69, 9.17) is 0 Å². The number of amides is 1. The number of carbonyl (C=O) groups is 1. The lowest BCUT2D eigenvalue weighted by molar-refractivity contribution is 0.0950. The van der Waals surface area contributed by atoms with Crippen LogP contribution < -0.4 is 5.32 Å². The summed E-state index contributed by atoms with van der Waals surface area (Å²) < 4.78 is 28.5. The highest BCUT2D eigenvalue weighted by Crippen LogP contribution is 2.18. The maximum atomic E-state index is 12.7. The molecule has 0 aliphatic carbocycles. The van der Waals surface area contributed by atoms with Crippen molar-refractivity contribution in [3.8, 4) is 0 Å². The summed E-state index contributed by atoms with van der Waals surface area (Å²) in [5.74, 6) is -0.322. The highest BCUT2D eigenvalue weighted by molar-refractivity contribution is 7.89. The molecule has 0 unspecified atom stereocenters. The van der Waals surface area contributed by atoms with E-state index in [1.165, 1.54) is 23.5 Å². The minimum atomic E-state index is -3.65. The van der Waals surface area contributed by atoms with Crippen LogP contribution in [-0.4, -0.2) is 41.5 Å². The lowest BCUT2D eigenvalue weighted by atomic mass is 10.1. The molecule has 158 valence electrons. The second-order valence-electron chi connectivity index (χ2n) is 7.35. The number of hydrogen-bond acceptors (Lipinski definition) is 4. The summed E-state index contributed by atoms with van der Waals surface area (Å²) >= 11 is 0. The van der Waals surface area contributed by atoms with Gasteiger partial charge in [-0.15, -0.1) is 0 Å². The normalized spacial score (nSPS) is 11.8. The molecule has 0 atom stereocenters. The van der Waals surface area contributed by atoms with Gasteiger partial charge < -0.3 is 5.32 Å². The fraction of sp³-hybridized carbons (Fsp3) is 0.273. The number of hydrogen-bond donors (Lipinski definition) is 1. The van der Waals surface area contributed by atoms with Crippen LogP contribution in [-0.2, 0) is 23.1 Å². The zero-order valence-corrected chi connectivity index (χ0v) is 18.1. The van der Waals surface area contributed by atoms with Gasteiger partial charge in [0.05, 0.1) is 11.4 Å². The van der Waals surface area contributed by atoms with Gasteiger partial charge in [0.25, 0.3) is 5.91 Å². The predicted molar refractivity (Wildman–Crippen MR) is 115 cm³/mol. The van der Waals surface area contributed by atoms with Crippen LogP contribution in [0.3, 0.4) is 0 Å². The Morgan fingerprint density at radius 2 is 1.83 bits per heavy atom. The van der Waals surface area contributed by atoms with Crippen LogP contribution in [0.5, 0.6) is 0 Å². The molecular formula is C22H26N4O3S. The number of sulfonamides is 1. The number of nitrogens with one attached hydrogen (secondary N) is 1. The summed E-state index contributed by atoms with van der Waals surface area (Å²) in [6, 6.07) is 15.7. The van der Waals surface area contributed by atoms with Crippen LogP contribution in [0.4, 0.5) is 0 Å². The lowest BCUT2D eigenvalue weighted by Crippen LogP contribution is -2.33. The first-order valence-corrected chi connectivity index (χ1v) is 11.1. The minimum absolute atomic E-state index is 0.104. The average molecular weight is 427 g/mol. The van der Waals surface area contributed by atoms with Crippen molar-refractivity contribution in [2.75, 3.05) is 7.05 Å². The van der Waals surface area contributed by atoms with Gasteiger partial charge >= 0.3 is 0 Å². The molecule has 0 saturated heterocycles. The van der Waals surface area contributed by atoms with Crippen LogP contribution in [0.1, 0.15) is 35.3 Å². The van der Waals surface area contributed by atoms with Gasteiger partial charge in [-0.2, -0.15) is 9.40 Å². The number of rotatable bonds is 8. The topological polar surface area (TPSA) is 84.3 Å². The van der Waals surface area contributed by atoms with E-state index in [-0.39, 0.29) is 16.8 Å². The second-order valence-corrected chi connectivity index (χ2v) is 9.35. The van der Waals surface area contributed by atoms with Gasteiger partial charge in [-0.3, -0.25) is 9.48 Å². The highest BCUT2D eigenvalue weighted by atomic mass is 32.2. The van der Waals surface area contributed by atoms with Gasteiger partial charge in [0, 0.05) is 37.6 Å². The summed E-state index contributed by atoms with van der Waals surface area (Å²) in [5, 5.41) is 7.06. The van der Waals surface area contributed by atoms with Gasteiger partial charge in [-0.05, 0) is 49.2 Å². The second kappa shape index (κ2) is 9.23. The SMILES string of the molecule is CC(C)N(C)S(=O)(=O)c1cccc(C(=O)NCc2cccc(Cn3cccn3)c2)c1. The summed E-state index contributed by atoms with van der Waals surface area (Å²) in [7, 11) is -2.12. The molecule has 1 aromatic heterocycles. The van der Waals surface area contributed by atoms with E-state index in [1.54, 1.807) is 32.2 Å². The van der Waals surface area contributed by atoms with Crippen LogP contribution in [0.25, 0.3) is 0 Å². The number of aromatic nitrogens is 2. The molecule has 0 radical (unpaired) electrons. The summed E-state index contributed by atoms with van der Waals surface area (Å²) in [6.07, 6.45) is 3.63. The number of nitrogens with zero attached hydrogens (tertiary/aromatic N) is 3. The number of carbonyl (C=O) groups excluding carboxylic acids is 1. The van der Waals surface area contributed by atoms with E-state index < -0.39 is 10.0 Å². The fourth-order valence-electron chi connectivity index (χ4n) is 2.95.